The molecule has 0 bridgehead atoms. The third-order valence-corrected chi connectivity index (χ3v) is 3.28. The molecule has 15 heavy (non-hydrogen) atoms. The number of hydrogen-bond donors (Lipinski definition) is 1. The number of aromatic amines is 1. The fourth-order valence-corrected chi connectivity index (χ4v) is 2.02. The molecule has 1 N–H and O–H groups in total. The van der Waals surface area contributed by atoms with Crippen molar-refractivity contribution in [1.82, 2.24) is 14.8 Å². The molecule has 5 nitrogen and oxygen atoms in total. The van der Waals surface area contributed by atoms with E-state index in [1.54, 1.807) is 0 Å². The van der Waals surface area contributed by atoms with Crippen LogP contribution in [0.1, 0.15) is 12.8 Å². The van der Waals surface area contributed by atoms with Crippen molar-refractivity contribution in [3.63, 3.8) is 0 Å². The van der Waals surface area contributed by atoms with E-state index >= 15 is 0 Å². The Bertz CT molecular complexity index is 380. The fraction of sp³-hybridized carbons (Fsp3) is 0.778. The van der Waals surface area contributed by atoms with Crippen molar-refractivity contribution < 1.29 is 4.74 Å². The average Bonchev–Trinajstić information content (AvgIpc) is 2.60. The minimum absolute atomic E-state index is 0.502. The Morgan fingerprint density at radius 2 is 2.20 bits per heavy atom. The average molecular weight is 228 g/mol. The van der Waals surface area contributed by atoms with E-state index < -0.39 is 0 Å². The van der Waals surface area contributed by atoms with Gasteiger partial charge in [0.25, 0.3) is 0 Å². The van der Waals surface area contributed by atoms with E-state index in [0.717, 1.165) is 32.0 Å². The van der Waals surface area contributed by atoms with Crippen LogP contribution in [0.2, 0.25) is 0 Å². The third-order valence-electron chi connectivity index (χ3n) is 2.91. The Morgan fingerprint density at radius 1 is 1.53 bits per heavy atom. The molecule has 0 aromatic carbocycles. The van der Waals surface area contributed by atoms with Gasteiger partial charge in [-0.15, -0.1) is 5.10 Å². The molecule has 0 aliphatic carbocycles. The maximum Gasteiger partial charge on any atom is 0.225 e. The Hall–Kier alpha value is -0.880. The van der Waals surface area contributed by atoms with Crippen molar-refractivity contribution in [3.8, 4) is 0 Å². The molecule has 2 heterocycles. The molecule has 0 spiro atoms. The highest BCUT2D eigenvalue weighted by Gasteiger charge is 2.21. The third kappa shape index (κ3) is 2.05. The maximum atomic E-state index is 5.34. The molecule has 6 heteroatoms. The summed E-state index contributed by atoms with van der Waals surface area (Å²) in [4.78, 5) is 2.18. The smallest absolute Gasteiger partial charge is 0.225 e. The zero-order valence-electron chi connectivity index (χ0n) is 9.06. The number of anilines is 1. The highest BCUT2D eigenvalue weighted by Crippen LogP contribution is 2.18. The van der Waals surface area contributed by atoms with Gasteiger partial charge in [0, 0.05) is 33.4 Å². The number of aromatic nitrogens is 3. The largest absolute Gasteiger partial charge is 0.381 e. The Morgan fingerprint density at radius 3 is 2.73 bits per heavy atom. The number of H-pyrrole nitrogens is 1. The summed E-state index contributed by atoms with van der Waals surface area (Å²) in [5.74, 6) is 0.895. The van der Waals surface area contributed by atoms with Crippen molar-refractivity contribution in [3.05, 3.63) is 4.77 Å². The lowest BCUT2D eigenvalue weighted by Crippen LogP contribution is -2.38. The number of ether oxygens (including phenoxy) is 1. The molecule has 0 unspecified atom stereocenters. The van der Waals surface area contributed by atoms with E-state index in [9.17, 15) is 0 Å². The van der Waals surface area contributed by atoms with E-state index in [4.69, 9.17) is 17.0 Å². The lowest BCUT2D eigenvalue weighted by Gasteiger charge is -2.31. The van der Waals surface area contributed by atoms with Crippen LogP contribution >= 0.6 is 12.2 Å². The van der Waals surface area contributed by atoms with Crippen LogP contribution in [-0.2, 0) is 11.8 Å². The molecular weight excluding hydrogens is 212 g/mol. The first-order valence-corrected chi connectivity index (χ1v) is 5.53. The first-order valence-electron chi connectivity index (χ1n) is 5.12. The summed E-state index contributed by atoms with van der Waals surface area (Å²) in [6.45, 7) is 1.67. The van der Waals surface area contributed by atoms with Crippen LogP contribution < -0.4 is 4.90 Å². The summed E-state index contributed by atoms with van der Waals surface area (Å²) in [5, 5.41) is 7.02. The molecule has 1 aliphatic rings. The normalized spacial score (nSPS) is 18.0. The summed E-state index contributed by atoms with van der Waals surface area (Å²) in [6.07, 6.45) is 2.10. The number of hydrogen-bond acceptors (Lipinski definition) is 4. The second-order valence-corrected chi connectivity index (χ2v) is 4.23. The number of nitrogens with zero attached hydrogens (tertiary/aromatic N) is 3. The van der Waals surface area contributed by atoms with Gasteiger partial charge >= 0.3 is 0 Å². The standard InChI is InChI=1S/C9H16N4OS/c1-12(7-3-5-14-6-4-7)8-10-11-9(15)13(8)2/h7H,3-6H2,1-2H3,(H,11,15). The Labute approximate surface area is 94.0 Å². The predicted octanol–water partition coefficient (Wildman–Crippen LogP) is 1.09. The summed E-state index contributed by atoms with van der Waals surface area (Å²) < 4.78 is 7.89. The van der Waals surface area contributed by atoms with Gasteiger partial charge in [-0.25, -0.2) is 5.10 Å². The van der Waals surface area contributed by atoms with Crippen LogP contribution in [-0.4, -0.2) is 41.1 Å². The molecule has 1 aromatic heterocycles. The highest BCUT2D eigenvalue weighted by atomic mass is 32.1. The van der Waals surface area contributed by atoms with Gasteiger partial charge in [-0.2, -0.15) is 0 Å². The quantitative estimate of drug-likeness (QED) is 0.770. The van der Waals surface area contributed by atoms with E-state index in [0.29, 0.717) is 10.8 Å². The molecule has 1 fully saturated rings. The van der Waals surface area contributed by atoms with Crippen LogP contribution in [0, 0.1) is 4.77 Å². The van der Waals surface area contributed by atoms with Crippen molar-refractivity contribution in [2.45, 2.75) is 18.9 Å². The maximum absolute atomic E-state index is 5.34. The highest BCUT2D eigenvalue weighted by molar-refractivity contribution is 7.71. The lowest BCUT2D eigenvalue weighted by atomic mass is 10.1. The van der Waals surface area contributed by atoms with Crippen molar-refractivity contribution >= 4 is 18.2 Å². The number of nitrogens with one attached hydrogen (secondary N) is 1. The zero-order valence-corrected chi connectivity index (χ0v) is 9.88. The second kappa shape index (κ2) is 4.32. The monoisotopic (exact) mass is 228 g/mol. The summed E-state index contributed by atoms with van der Waals surface area (Å²) in [5.41, 5.74) is 0. The van der Waals surface area contributed by atoms with Gasteiger partial charge in [-0.1, -0.05) is 0 Å². The summed E-state index contributed by atoms with van der Waals surface area (Å²) in [7, 11) is 3.98. The molecule has 1 saturated heterocycles. The van der Waals surface area contributed by atoms with E-state index in [1.807, 2.05) is 11.6 Å². The van der Waals surface area contributed by atoms with Crippen LogP contribution in [0.15, 0.2) is 0 Å². The van der Waals surface area contributed by atoms with Crippen molar-refractivity contribution in [2.75, 3.05) is 25.2 Å². The first-order chi connectivity index (χ1) is 7.20. The summed E-state index contributed by atoms with van der Waals surface area (Å²) >= 11 is 5.09. The molecule has 0 amide bonds. The van der Waals surface area contributed by atoms with Crippen LogP contribution in [0.4, 0.5) is 5.95 Å². The predicted molar refractivity (Wildman–Crippen MR) is 60.6 cm³/mol. The molecule has 0 radical (unpaired) electrons. The summed E-state index contributed by atoms with van der Waals surface area (Å²) in [6, 6.07) is 0.502. The van der Waals surface area contributed by atoms with Gasteiger partial charge in [0.2, 0.25) is 5.95 Å². The first kappa shape index (κ1) is 10.6. The van der Waals surface area contributed by atoms with Gasteiger partial charge < -0.3 is 9.64 Å². The molecular formula is C9H16N4OS. The zero-order chi connectivity index (χ0) is 10.8. The van der Waals surface area contributed by atoms with E-state index in [1.165, 1.54) is 0 Å². The minimum atomic E-state index is 0.502. The molecule has 2 rings (SSSR count). The number of rotatable bonds is 2. The lowest BCUT2D eigenvalue weighted by molar-refractivity contribution is 0.0851. The molecule has 84 valence electrons. The van der Waals surface area contributed by atoms with Gasteiger partial charge in [-0.3, -0.25) is 4.57 Å². The van der Waals surface area contributed by atoms with Gasteiger partial charge in [0.05, 0.1) is 0 Å². The van der Waals surface area contributed by atoms with Crippen LogP contribution in [0.3, 0.4) is 0 Å². The van der Waals surface area contributed by atoms with Crippen molar-refractivity contribution in [2.24, 2.45) is 7.05 Å². The second-order valence-electron chi connectivity index (χ2n) is 3.84. The molecule has 0 atom stereocenters. The topological polar surface area (TPSA) is 46.1 Å². The molecule has 1 aliphatic heterocycles. The van der Waals surface area contributed by atoms with Gasteiger partial charge in [0.15, 0.2) is 4.77 Å². The van der Waals surface area contributed by atoms with Gasteiger partial charge in [0.1, 0.15) is 0 Å². The minimum Gasteiger partial charge on any atom is -0.381 e. The SMILES string of the molecule is CN(c1n[nH]c(=S)n1C)C1CCOCC1. The van der Waals surface area contributed by atoms with Gasteiger partial charge in [-0.05, 0) is 25.1 Å². The van der Waals surface area contributed by atoms with E-state index in [-0.39, 0.29) is 0 Å². The fourth-order valence-electron chi connectivity index (χ4n) is 1.89. The van der Waals surface area contributed by atoms with E-state index in [2.05, 4.69) is 22.1 Å². The van der Waals surface area contributed by atoms with Crippen LogP contribution in [0.5, 0.6) is 0 Å². The molecule has 1 aromatic rings. The van der Waals surface area contributed by atoms with Crippen molar-refractivity contribution in [1.29, 1.82) is 0 Å². The Balaban J connectivity index is 2.15. The Kier molecular flexibility index (Phi) is 3.06. The molecule has 0 saturated carbocycles. The van der Waals surface area contributed by atoms with Crippen LogP contribution in [0.25, 0.3) is 0 Å².